The van der Waals surface area contributed by atoms with Crippen molar-refractivity contribution in [2.45, 2.75) is 111 Å². The Kier molecular flexibility index (Phi) is 13.7. The molecule has 4 aromatic rings. The van der Waals surface area contributed by atoms with E-state index in [1.54, 1.807) is 0 Å². The molecule has 8 nitrogen and oxygen atoms in total. The van der Waals surface area contributed by atoms with Gasteiger partial charge in [0.1, 0.15) is 24.7 Å². The number of nitrogens with one attached hydrogen (secondary N) is 4. The topological polar surface area (TPSA) is 101 Å². The molecule has 55 heavy (non-hydrogen) atoms. The van der Waals surface area contributed by atoms with Gasteiger partial charge in [0.25, 0.3) is 0 Å². The zero-order valence-electron chi connectivity index (χ0n) is 35.3. The van der Waals surface area contributed by atoms with Gasteiger partial charge < -0.3 is 30.7 Å². The van der Waals surface area contributed by atoms with Crippen LogP contribution < -0.4 is 30.7 Å². The van der Waals surface area contributed by atoms with E-state index < -0.39 is 0 Å². The van der Waals surface area contributed by atoms with E-state index >= 15 is 0 Å². The fraction of sp³-hybridized carbons (Fsp3) is 0.447. The lowest BCUT2D eigenvalue weighted by Crippen LogP contribution is -2.32. The van der Waals surface area contributed by atoms with Crippen LogP contribution in [-0.4, -0.2) is 38.4 Å². The SMILES string of the molecule is CC(C)(C)c1cc(Cc2cc(C(C)(C)C)cc(C(C)(C)C)c2OCCNC(=O)Nc2ccccc2)c(OCCNC(=O)Nc2ccccc2)c(C(C)(C)C)c1. The van der Waals surface area contributed by atoms with Crippen molar-refractivity contribution in [1.29, 1.82) is 0 Å². The minimum absolute atomic E-state index is 0.112. The molecule has 0 atom stereocenters. The van der Waals surface area contributed by atoms with Gasteiger partial charge in [-0.25, -0.2) is 9.59 Å². The molecule has 4 aromatic carbocycles. The number of para-hydroxylation sites is 2. The monoisotopic (exact) mass is 748 g/mol. The van der Waals surface area contributed by atoms with Crippen LogP contribution in [0.25, 0.3) is 0 Å². The standard InChI is InChI=1S/C47H64N4O4/c1-44(2,3)34-28-32(40(38(30-34)46(7,8)9)54-25-23-48-42(52)50-36-19-15-13-16-20-36)27-33-29-35(45(4,5)6)31-39(47(10,11)12)41(33)55-26-24-49-43(53)51-37-21-17-14-18-22-37/h13-22,28-31H,23-27H2,1-12H3,(H2,48,50,52)(H2,49,51,53). The summed E-state index contributed by atoms with van der Waals surface area (Å²) in [5.41, 5.74) is 7.57. The summed E-state index contributed by atoms with van der Waals surface area (Å²) in [6.45, 7) is 27.9. The maximum absolute atomic E-state index is 12.7. The van der Waals surface area contributed by atoms with E-state index in [0.717, 1.165) is 45.1 Å². The van der Waals surface area contributed by atoms with Crippen LogP contribution in [-0.2, 0) is 28.1 Å². The summed E-state index contributed by atoms with van der Waals surface area (Å²) in [5, 5.41) is 11.6. The quantitative estimate of drug-likeness (QED) is 0.108. The molecule has 8 heteroatoms. The third kappa shape index (κ3) is 12.5. The van der Waals surface area contributed by atoms with Crippen LogP contribution in [0.3, 0.4) is 0 Å². The minimum Gasteiger partial charge on any atom is -0.491 e. The normalized spacial score (nSPS) is 12.1. The number of amides is 4. The van der Waals surface area contributed by atoms with Gasteiger partial charge in [-0.05, 0) is 68.2 Å². The molecule has 0 saturated carbocycles. The molecule has 0 unspecified atom stereocenters. The first-order chi connectivity index (χ1) is 25.6. The number of hydrogen-bond donors (Lipinski definition) is 4. The van der Waals surface area contributed by atoms with E-state index in [0.29, 0.717) is 32.7 Å². The molecule has 0 saturated heterocycles. The van der Waals surface area contributed by atoms with E-state index in [-0.39, 0.29) is 33.7 Å². The van der Waals surface area contributed by atoms with E-state index in [1.807, 2.05) is 60.7 Å². The number of urea groups is 2. The Labute approximate surface area is 330 Å². The highest BCUT2D eigenvalue weighted by atomic mass is 16.5. The Hall–Kier alpha value is -4.98. The van der Waals surface area contributed by atoms with Crippen LogP contribution in [0.5, 0.6) is 11.5 Å². The first-order valence-electron chi connectivity index (χ1n) is 19.4. The third-order valence-corrected chi connectivity index (χ3v) is 9.39. The third-order valence-electron chi connectivity index (χ3n) is 9.39. The maximum atomic E-state index is 12.7. The molecule has 0 aliphatic carbocycles. The Morgan fingerprint density at radius 3 is 1.15 bits per heavy atom. The highest BCUT2D eigenvalue weighted by molar-refractivity contribution is 5.89. The number of benzene rings is 4. The van der Waals surface area contributed by atoms with Gasteiger partial charge in [0, 0.05) is 28.9 Å². The van der Waals surface area contributed by atoms with Crippen LogP contribution in [0, 0.1) is 0 Å². The molecule has 296 valence electrons. The van der Waals surface area contributed by atoms with Gasteiger partial charge in [0.2, 0.25) is 0 Å². The molecule has 0 bridgehead atoms. The van der Waals surface area contributed by atoms with Crippen molar-refractivity contribution in [3.05, 3.63) is 118 Å². The molecule has 0 aliphatic heterocycles. The van der Waals surface area contributed by atoms with Gasteiger partial charge in [-0.2, -0.15) is 0 Å². The minimum atomic E-state index is -0.281. The summed E-state index contributed by atoms with van der Waals surface area (Å²) in [4.78, 5) is 25.4. The molecule has 0 heterocycles. The van der Waals surface area contributed by atoms with Gasteiger partial charge in [-0.1, -0.05) is 144 Å². The first kappa shape index (κ1) is 42.8. The lowest BCUT2D eigenvalue weighted by atomic mass is 9.76. The van der Waals surface area contributed by atoms with Crippen molar-refractivity contribution in [1.82, 2.24) is 10.6 Å². The summed E-state index contributed by atoms with van der Waals surface area (Å²) in [7, 11) is 0. The fourth-order valence-corrected chi connectivity index (χ4v) is 6.20. The Balaban J connectivity index is 1.71. The number of rotatable bonds is 12. The van der Waals surface area contributed by atoms with Crippen molar-refractivity contribution < 1.29 is 19.1 Å². The van der Waals surface area contributed by atoms with Crippen LogP contribution >= 0.6 is 0 Å². The molecule has 0 spiro atoms. The van der Waals surface area contributed by atoms with Gasteiger partial charge in [0.15, 0.2) is 0 Å². The summed E-state index contributed by atoms with van der Waals surface area (Å²) in [6, 6.07) is 27.3. The van der Waals surface area contributed by atoms with Crippen molar-refractivity contribution >= 4 is 23.4 Å². The lowest BCUT2D eigenvalue weighted by molar-refractivity contribution is 0.246. The Morgan fingerprint density at radius 1 is 0.491 bits per heavy atom. The lowest BCUT2D eigenvalue weighted by Gasteiger charge is -2.31. The Bertz CT molecular complexity index is 1760. The number of ether oxygens (including phenoxy) is 2. The number of anilines is 2. The first-order valence-corrected chi connectivity index (χ1v) is 19.4. The van der Waals surface area contributed by atoms with Crippen molar-refractivity contribution in [3.63, 3.8) is 0 Å². The fourth-order valence-electron chi connectivity index (χ4n) is 6.20. The molecule has 0 aliphatic rings. The summed E-state index contributed by atoms with van der Waals surface area (Å²) in [5.74, 6) is 1.66. The summed E-state index contributed by atoms with van der Waals surface area (Å²) in [6.07, 6.45) is 0.564. The van der Waals surface area contributed by atoms with Crippen LogP contribution in [0.15, 0.2) is 84.9 Å². The smallest absolute Gasteiger partial charge is 0.319 e. The Morgan fingerprint density at radius 2 is 0.836 bits per heavy atom. The van der Waals surface area contributed by atoms with Gasteiger partial charge in [0.05, 0.1) is 13.1 Å². The predicted molar refractivity (Wildman–Crippen MR) is 228 cm³/mol. The van der Waals surface area contributed by atoms with Crippen molar-refractivity contribution in [2.24, 2.45) is 0 Å². The number of carbonyl (C=O) groups is 2. The molecule has 4 amide bonds. The second-order valence-corrected chi connectivity index (χ2v) is 18.4. The summed E-state index contributed by atoms with van der Waals surface area (Å²) >= 11 is 0. The average Bonchev–Trinajstić information content (AvgIpc) is 3.08. The maximum Gasteiger partial charge on any atom is 0.319 e. The second-order valence-electron chi connectivity index (χ2n) is 18.4. The molecule has 0 radical (unpaired) electrons. The number of hydrogen-bond acceptors (Lipinski definition) is 4. The van der Waals surface area contributed by atoms with Crippen LogP contribution in [0.4, 0.5) is 21.0 Å². The second kappa shape index (κ2) is 17.7. The highest BCUT2D eigenvalue weighted by Gasteiger charge is 2.30. The zero-order chi connectivity index (χ0) is 40.6. The summed E-state index contributed by atoms with van der Waals surface area (Å²) < 4.78 is 13.4. The average molecular weight is 749 g/mol. The highest BCUT2D eigenvalue weighted by Crippen LogP contribution is 2.43. The molecule has 0 fully saturated rings. The largest absolute Gasteiger partial charge is 0.491 e. The van der Waals surface area contributed by atoms with Gasteiger partial charge >= 0.3 is 12.1 Å². The van der Waals surface area contributed by atoms with Crippen molar-refractivity contribution in [3.8, 4) is 11.5 Å². The number of carbonyl (C=O) groups excluding carboxylic acids is 2. The molecule has 4 N–H and O–H groups in total. The van der Waals surface area contributed by atoms with Crippen LogP contribution in [0.2, 0.25) is 0 Å². The van der Waals surface area contributed by atoms with Gasteiger partial charge in [-0.15, -0.1) is 0 Å². The zero-order valence-corrected chi connectivity index (χ0v) is 35.3. The van der Waals surface area contributed by atoms with E-state index in [1.165, 1.54) is 11.1 Å². The van der Waals surface area contributed by atoms with E-state index in [4.69, 9.17) is 9.47 Å². The predicted octanol–water partition coefficient (Wildman–Crippen LogP) is 10.9. The van der Waals surface area contributed by atoms with Crippen LogP contribution in [0.1, 0.15) is 116 Å². The van der Waals surface area contributed by atoms with E-state index in [2.05, 4.69) is 129 Å². The van der Waals surface area contributed by atoms with Crippen molar-refractivity contribution in [2.75, 3.05) is 36.9 Å². The molecule has 4 rings (SSSR count). The van der Waals surface area contributed by atoms with E-state index in [9.17, 15) is 9.59 Å². The van der Waals surface area contributed by atoms with Gasteiger partial charge in [-0.3, -0.25) is 0 Å². The molecular weight excluding hydrogens is 685 g/mol. The molecule has 0 aromatic heterocycles. The molecular formula is C47H64N4O4.